The lowest BCUT2D eigenvalue weighted by Crippen LogP contribution is -2.13. The number of aromatic nitrogens is 1. The Morgan fingerprint density at radius 1 is 0.812 bits per heavy atom. The summed E-state index contributed by atoms with van der Waals surface area (Å²) < 4.78 is 6.09. The van der Waals surface area contributed by atoms with Gasteiger partial charge in [-0.25, -0.2) is 4.98 Å². The molecule has 1 aromatic heterocycles. The molecular weight excluding hydrogens is 390 g/mol. The van der Waals surface area contributed by atoms with Crippen LogP contribution in [0.25, 0.3) is 22.6 Å². The highest BCUT2D eigenvalue weighted by atomic mass is 16.3. The fraction of sp³-hybridized carbons (Fsp3) is 0.567. The summed E-state index contributed by atoms with van der Waals surface area (Å²) in [5.41, 5.74) is 5.83. The van der Waals surface area contributed by atoms with Gasteiger partial charge in [-0.15, -0.1) is 0 Å². The molecule has 1 fully saturated rings. The van der Waals surface area contributed by atoms with E-state index in [1.807, 2.05) is 0 Å². The highest BCUT2D eigenvalue weighted by Crippen LogP contribution is 2.38. The van der Waals surface area contributed by atoms with Gasteiger partial charge in [0.25, 0.3) is 0 Å². The lowest BCUT2D eigenvalue weighted by molar-refractivity contribution is 0.308. The first-order chi connectivity index (χ1) is 15.8. The average Bonchev–Trinajstić information content (AvgIpc) is 3.26. The largest absolute Gasteiger partial charge is 0.436 e. The summed E-state index contributed by atoms with van der Waals surface area (Å²) in [4.78, 5) is 4.82. The number of oxazole rings is 1. The maximum atomic E-state index is 6.09. The van der Waals surface area contributed by atoms with Crippen molar-refractivity contribution in [3.63, 3.8) is 0 Å². The fourth-order valence-corrected chi connectivity index (χ4v) is 5.45. The molecule has 1 saturated carbocycles. The molecule has 3 aromatic rings. The van der Waals surface area contributed by atoms with Crippen LogP contribution in [0.1, 0.15) is 108 Å². The number of rotatable bonds is 11. The molecule has 172 valence electrons. The normalized spacial score (nSPS) is 18.9. The smallest absolute Gasteiger partial charge is 0.227 e. The number of fused-ring (bicyclic) bond motifs is 1. The van der Waals surface area contributed by atoms with Gasteiger partial charge in [-0.1, -0.05) is 77.0 Å². The summed E-state index contributed by atoms with van der Waals surface area (Å²) in [5.74, 6) is 2.43. The minimum Gasteiger partial charge on any atom is -0.436 e. The Labute approximate surface area is 194 Å². The van der Waals surface area contributed by atoms with Crippen molar-refractivity contribution in [2.45, 2.75) is 103 Å². The second-order valence-corrected chi connectivity index (χ2v) is 9.97. The fourth-order valence-electron chi connectivity index (χ4n) is 5.45. The van der Waals surface area contributed by atoms with Crippen LogP contribution >= 0.6 is 0 Å². The first kappa shape index (κ1) is 23.1. The average molecular weight is 432 g/mol. The van der Waals surface area contributed by atoms with E-state index in [0.29, 0.717) is 0 Å². The number of nitrogens with zero attached hydrogens (tertiary/aromatic N) is 1. The van der Waals surface area contributed by atoms with Crippen LogP contribution in [-0.4, -0.2) is 4.98 Å². The highest BCUT2D eigenvalue weighted by molar-refractivity contribution is 5.77. The van der Waals surface area contributed by atoms with Crippen LogP contribution in [0, 0.1) is 5.92 Å². The summed E-state index contributed by atoms with van der Waals surface area (Å²) >= 11 is 0. The van der Waals surface area contributed by atoms with Crippen LogP contribution in [0.4, 0.5) is 0 Å². The van der Waals surface area contributed by atoms with Crippen molar-refractivity contribution in [2.24, 2.45) is 5.92 Å². The Bertz CT molecular complexity index is 947. The van der Waals surface area contributed by atoms with Crippen molar-refractivity contribution in [3.05, 3.63) is 53.6 Å². The van der Waals surface area contributed by atoms with E-state index in [4.69, 9.17) is 9.40 Å². The predicted molar refractivity (Wildman–Crippen MR) is 136 cm³/mol. The van der Waals surface area contributed by atoms with Crippen LogP contribution in [0.3, 0.4) is 0 Å². The molecule has 1 aliphatic carbocycles. The predicted octanol–water partition coefficient (Wildman–Crippen LogP) is 9.47. The van der Waals surface area contributed by atoms with E-state index in [0.717, 1.165) is 40.8 Å². The van der Waals surface area contributed by atoms with Gasteiger partial charge < -0.3 is 4.42 Å². The SMILES string of the molecule is CCCCCCCCc1ccc2oc(-c3ccc(C4CCC(CCC)CC4)cc3)nc2c1. The Kier molecular flexibility index (Phi) is 8.42. The van der Waals surface area contributed by atoms with E-state index in [1.54, 1.807) is 0 Å². The summed E-state index contributed by atoms with van der Waals surface area (Å²) in [7, 11) is 0. The molecule has 1 heterocycles. The number of aryl methyl sites for hydroxylation is 1. The van der Waals surface area contributed by atoms with E-state index in [2.05, 4.69) is 56.3 Å². The molecule has 0 amide bonds. The molecule has 32 heavy (non-hydrogen) atoms. The molecular formula is C30H41NO. The third kappa shape index (κ3) is 6.03. The quantitative estimate of drug-likeness (QED) is 0.282. The van der Waals surface area contributed by atoms with E-state index < -0.39 is 0 Å². The zero-order chi connectivity index (χ0) is 22.2. The molecule has 2 aromatic carbocycles. The molecule has 0 radical (unpaired) electrons. The molecule has 1 aliphatic rings. The van der Waals surface area contributed by atoms with Gasteiger partial charge in [0.05, 0.1) is 0 Å². The van der Waals surface area contributed by atoms with Crippen molar-refractivity contribution in [2.75, 3.05) is 0 Å². The second-order valence-electron chi connectivity index (χ2n) is 9.97. The van der Waals surface area contributed by atoms with Gasteiger partial charge in [-0.05, 0) is 85.8 Å². The molecule has 0 saturated heterocycles. The van der Waals surface area contributed by atoms with Crippen molar-refractivity contribution in [3.8, 4) is 11.5 Å². The lowest BCUT2D eigenvalue weighted by Gasteiger charge is -2.28. The summed E-state index contributed by atoms with van der Waals surface area (Å²) in [6.45, 7) is 4.59. The standard InChI is InChI=1S/C30H41NO/c1-3-5-6-7-8-9-11-24-14-21-29-28(22-24)31-30(32-29)27-19-17-26(18-20-27)25-15-12-23(10-4-2)13-16-25/h14,17-23,25H,3-13,15-16H2,1-2H3. The Morgan fingerprint density at radius 2 is 1.56 bits per heavy atom. The van der Waals surface area contributed by atoms with Crippen molar-refractivity contribution in [1.29, 1.82) is 0 Å². The van der Waals surface area contributed by atoms with Gasteiger partial charge in [0.2, 0.25) is 5.89 Å². The number of unbranched alkanes of at least 4 members (excludes halogenated alkanes) is 5. The summed E-state index contributed by atoms with van der Waals surface area (Å²) in [6.07, 6.45) is 17.4. The van der Waals surface area contributed by atoms with E-state index in [1.165, 1.54) is 88.2 Å². The zero-order valence-corrected chi connectivity index (χ0v) is 20.2. The van der Waals surface area contributed by atoms with Gasteiger partial charge in [-0.3, -0.25) is 0 Å². The van der Waals surface area contributed by atoms with Gasteiger partial charge in [-0.2, -0.15) is 0 Å². The minimum absolute atomic E-state index is 0.727. The first-order valence-corrected chi connectivity index (χ1v) is 13.3. The molecule has 0 N–H and O–H groups in total. The molecule has 0 atom stereocenters. The van der Waals surface area contributed by atoms with Crippen LogP contribution in [0.15, 0.2) is 46.9 Å². The number of hydrogen-bond donors (Lipinski definition) is 0. The van der Waals surface area contributed by atoms with E-state index in [-0.39, 0.29) is 0 Å². The molecule has 0 spiro atoms. The van der Waals surface area contributed by atoms with Crippen LogP contribution in [0.5, 0.6) is 0 Å². The highest BCUT2D eigenvalue weighted by Gasteiger charge is 2.22. The van der Waals surface area contributed by atoms with E-state index in [9.17, 15) is 0 Å². The van der Waals surface area contributed by atoms with Crippen LogP contribution in [0.2, 0.25) is 0 Å². The van der Waals surface area contributed by atoms with Gasteiger partial charge in [0, 0.05) is 5.56 Å². The van der Waals surface area contributed by atoms with Crippen LogP contribution in [-0.2, 0) is 6.42 Å². The summed E-state index contributed by atoms with van der Waals surface area (Å²) in [6, 6.07) is 15.5. The summed E-state index contributed by atoms with van der Waals surface area (Å²) in [5, 5.41) is 0. The number of hydrogen-bond acceptors (Lipinski definition) is 2. The van der Waals surface area contributed by atoms with Crippen molar-refractivity contribution >= 4 is 11.1 Å². The third-order valence-corrected chi connectivity index (χ3v) is 7.44. The van der Waals surface area contributed by atoms with Crippen LogP contribution < -0.4 is 0 Å². The zero-order valence-electron chi connectivity index (χ0n) is 20.2. The molecule has 0 unspecified atom stereocenters. The molecule has 0 aliphatic heterocycles. The Balaban J connectivity index is 1.35. The lowest BCUT2D eigenvalue weighted by atomic mass is 9.77. The second kappa shape index (κ2) is 11.7. The van der Waals surface area contributed by atoms with Gasteiger partial charge in [0.15, 0.2) is 5.58 Å². The maximum Gasteiger partial charge on any atom is 0.227 e. The van der Waals surface area contributed by atoms with Crippen molar-refractivity contribution < 1.29 is 4.42 Å². The van der Waals surface area contributed by atoms with Crippen molar-refractivity contribution in [1.82, 2.24) is 4.98 Å². The maximum absolute atomic E-state index is 6.09. The first-order valence-electron chi connectivity index (χ1n) is 13.3. The van der Waals surface area contributed by atoms with Gasteiger partial charge >= 0.3 is 0 Å². The monoisotopic (exact) mass is 431 g/mol. The Hall–Kier alpha value is -2.09. The molecule has 4 rings (SSSR count). The molecule has 2 heteroatoms. The minimum atomic E-state index is 0.727. The van der Waals surface area contributed by atoms with Gasteiger partial charge in [0.1, 0.15) is 5.52 Å². The third-order valence-electron chi connectivity index (χ3n) is 7.44. The topological polar surface area (TPSA) is 26.0 Å². The Morgan fingerprint density at radius 3 is 2.31 bits per heavy atom. The number of benzene rings is 2. The molecule has 0 bridgehead atoms. The molecule has 2 nitrogen and oxygen atoms in total. The van der Waals surface area contributed by atoms with E-state index >= 15 is 0 Å².